The van der Waals surface area contributed by atoms with Gasteiger partial charge in [0.1, 0.15) is 0 Å². The average molecular weight is 620 g/mol. The number of anilines is 2. The van der Waals surface area contributed by atoms with Crippen LogP contribution in [0, 0.1) is 0 Å². The van der Waals surface area contributed by atoms with Gasteiger partial charge in [-0.15, -0.1) is 0 Å². The zero-order valence-electron chi connectivity index (χ0n) is 24.2. The van der Waals surface area contributed by atoms with E-state index in [1.54, 1.807) is 61.6 Å². The lowest BCUT2D eigenvalue weighted by Gasteiger charge is -2.18. The fourth-order valence-electron chi connectivity index (χ4n) is 4.90. The molecule has 44 heavy (non-hydrogen) atoms. The Kier molecular flexibility index (Phi) is 8.97. The van der Waals surface area contributed by atoms with Crippen molar-refractivity contribution in [3.8, 4) is 0 Å². The summed E-state index contributed by atoms with van der Waals surface area (Å²) < 4.78 is 31.0. The van der Waals surface area contributed by atoms with Crippen LogP contribution in [-0.4, -0.2) is 54.5 Å². The van der Waals surface area contributed by atoms with Crippen LogP contribution in [-0.2, 0) is 25.9 Å². The minimum absolute atomic E-state index is 0.0585. The van der Waals surface area contributed by atoms with Crippen molar-refractivity contribution < 1.29 is 27.9 Å². The van der Waals surface area contributed by atoms with E-state index in [2.05, 4.69) is 25.9 Å². The maximum absolute atomic E-state index is 12.8. The number of fused-ring (bicyclic) bond motifs is 1. The van der Waals surface area contributed by atoms with Crippen LogP contribution in [0.25, 0.3) is 10.9 Å². The third kappa shape index (κ3) is 6.90. The number of ether oxygens (including phenoxy) is 1. The van der Waals surface area contributed by atoms with Crippen molar-refractivity contribution in [1.29, 1.82) is 0 Å². The number of aromatic amines is 1. The topological polar surface area (TPSA) is 180 Å². The lowest BCUT2D eigenvalue weighted by atomic mass is 9.98. The van der Waals surface area contributed by atoms with Crippen LogP contribution in [0.15, 0.2) is 76.7 Å². The van der Waals surface area contributed by atoms with Gasteiger partial charge in [0.25, 0.3) is 5.56 Å². The Bertz CT molecular complexity index is 1850. The van der Waals surface area contributed by atoms with Gasteiger partial charge >= 0.3 is 12.1 Å². The number of carbonyl (C=O) groups excluding carboxylic acids is 1. The Morgan fingerprint density at radius 3 is 2.43 bits per heavy atom. The van der Waals surface area contributed by atoms with Crippen LogP contribution in [0.3, 0.4) is 0 Å². The number of carboxylic acids is 1. The zero-order chi connectivity index (χ0) is 31.4. The number of carbonyl (C=O) groups is 2. The van der Waals surface area contributed by atoms with Crippen LogP contribution in [0.4, 0.5) is 16.2 Å². The summed E-state index contributed by atoms with van der Waals surface area (Å²) in [5.41, 5.74) is 2.96. The number of amides is 1. The average Bonchev–Trinajstić information content (AvgIpc) is 3.86. The third-order valence-corrected chi connectivity index (χ3v) is 9.81. The second-order valence-corrected chi connectivity index (χ2v) is 13.0. The van der Waals surface area contributed by atoms with Crippen molar-refractivity contribution in [2.75, 3.05) is 24.3 Å². The van der Waals surface area contributed by atoms with E-state index in [1.165, 1.54) is 12.4 Å². The number of aromatic nitrogens is 2. The van der Waals surface area contributed by atoms with Gasteiger partial charge in [-0.3, -0.25) is 10.1 Å². The second-order valence-electron chi connectivity index (χ2n) is 10.8. The summed E-state index contributed by atoms with van der Waals surface area (Å²) in [4.78, 5) is 43.6. The molecule has 5 N–H and O–H groups in total. The summed E-state index contributed by atoms with van der Waals surface area (Å²) in [6.07, 6.45) is 1.96. The Morgan fingerprint density at radius 1 is 1.05 bits per heavy atom. The number of rotatable bonds is 12. The first-order chi connectivity index (χ1) is 21.1. The molecule has 13 heteroatoms. The van der Waals surface area contributed by atoms with Crippen molar-refractivity contribution in [2.24, 2.45) is 0 Å². The highest BCUT2D eigenvalue weighted by Crippen LogP contribution is 2.35. The van der Waals surface area contributed by atoms with E-state index >= 15 is 0 Å². The summed E-state index contributed by atoms with van der Waals surface area (Å²) in [6, 6.07) is 15.4. The molecule has 1 fully saturated rings. The standard InChI is InChI=1S/C31H33N5O7S/c1-18(16-43-31(40)36-22-8-12-27(21(13-22)15-32-2)44(41,42)24-9-10-24)19-3-5-20(6-4-19)28(30(38)39)35-23-7-11-26-25(14-23)29(37)34-17-33-26/h3-8,11-14,17-18,24,28,32,35H,9-10,15-16H2,1-2H3,(H,36,40)(H,38,39)(H,33,34,37)/t18-,28?/m0/s1. The number of nitrogens with zero attached hydrogens (tertiary/aromatic N) is 1. The fraction of sp³-hybridized carbons (Fsp3) is 0.290. The van der Waals surface area contributed by atoms with E-state index in [0.717, 1.165) is 5.56 Å². The van der Waals surface area contributed by atoms with Gasteiger partial charge in [-0.1, -0.05) is 31.2 Å². The number of H-pyrrole nitrogens is 1. The van der Waals surface area contributed by atoms with Crippen LogP contribution in [0.2, 0.25) is 0 Å². The summed E-state index contributed by atoms with van der Waals surface area (Å²) in [5.74, 6) is -1.29. The maximum atomic E-state index is 12.8. The van der Waals surface area contributed by atoms with Crippen LogP contribution in [0.5, 0.6) is 0 Å². The van der Waals surface area contributed by atoms with Gasteiger partial charge in [0.2, 0.25) is 0 Å². The zero-order valence-corrected chi connectivity index (χ0v) is 25.0. The lowest BCUT2D eigenvalue weighted by Crippen LogP contribution is -2.21. The quantitative estimate of drug-likeness (QED) is 0.154. The molecule has 5 rings (SSSR count). The molecule has 0 bridgehead atoms. The molecule has 1 aromatic heterocycles. The van der Waals surface area contributed by atoms with Gasteiger partial charge in [-0.2, -0.15) is 0 Å². The van der Waals surface area contributed by atoms with Crippen LogP contribution >= 0.6 is 0 Å². The predicted molar refractivity (Wildman–Crippen MR) is 166 cm³/mol. The van der Waals surface area contributed by atoms with Crippen LogP contribution < -0.4 is 21.5 Å². The summed E-state index contributed by atoms with van der Waals surface area (Å²) in [7, 11) is -1.67. The first-order valence-corrected chi connectivity index (χ1v) is 15.6. The highest BCUT2D eigenvalue weighted by Gasteiger charge is 2.38. The number of carboxylic acid groups (broad SMARTS) is 1. The summed E-state index contributed by atoms with van der Waals surface area (Å²) >= 11 is 0. The van der Waals surface area contributed by atoms with Crippen molar-refractivity contribution >= 4 is 44.2 Å². The molecule has 1 heterocycles. The van der Waals surface area contributed by atoms with Gasteiger partial charge in [0.05, 0.1) is 34.0 Å². The molecule has 1 saturated carbocycles. The number of hydrogen-bond donors (Lipinski definition) is 5. The molecule has 1 unspecified atom stereocenters. The molecule has 12 nitrogen and oxygen atoms in total. The molecular formula is C31H33N5O7S. The first kappa shape index (κ1) is 30.7. The Morgan fingerprint density at radius 2 is 1.75 bits per heavy atom. The first-order valence-electron chi connectivity index (χ1n) is 14.1. The van der Waals surface area contributed by atoms with Gasteiger partial charge in [0, 0.05) is 23.8 Å². The number of benzene rings is 3. The van der Waals surface area contributed by atoms with Crippen molar-refractivity contribution in [1.82, 2.24) is 15.3 Å². The molecule has 1 amide bonds. The van der Waals surface area contributed by atoms with Crippen molar-refractivity contribution in [2.45, 2.75) is 48.4 Å². The minimum atomic E-state index is -3.39. The van der Waals surface area contributed by atoms with E-state index in [9.17, 15) is 27.9 Å². The molecule has 0 radical (unpaired) electrons. The highest BCUT2D eigenvalue weighted by atomic mass is 32.2. The Balaban J connectivity index is 1.20. The normalized spacial score (nSPS) is 14.5. The SMILES string of the molecule is CNCc1cc(NC(=O)OC[C@H](C)c2ccc(C(Nc3ccc4nc[nH]c(=O)c4c3)C(=O)O)cc2)ccc1S(=O)(=O)C1CC1. The molecule has 1 aliphatic rings. The lowest BCUT2D eigenvalue weighted by molar-refractivity contribution is -0.138. The summed E-state index contributed by atoms with van der Waals surface area (Å²) in [6.45, 7) is 2.26. The molecule has 0 aliphatic heterocycles. The molecule has 0 saturated heterocycles. The number of hydrogen-bond acceptors (Lipinski definition) is 9. The monoisotopic (exact) mass is 619 g/mol. The molecule has 230 valence electrons. The molecule has 2 atom stereocenters. The molecule has 3 aromatic carbocycles. The van der Waals surface area contributed by atoms with Gasteiger partial charge < -0.3 is 25.5 Å². The minimum Gasteiger partial charge on any atom is -0.479 e. The van der Waals surface area contributed by atoms with E-state index in [-0.39, 0.29) is 28.2 Å². The molecule has 1 aliphatic carbocycles. The number of nitrogens with one attached hydrogen (secondary N) is 4. The van der Waals surface area contributed by atoms with E-state index < -0.39 is 27.9 Å². The molecular weight excluding hydrogens is 586 g/mol. The summed E-state index contributed by atoms with van der Waals surface area (Å²) in [5, 5.41) is 18.5. The van der Waals surface area contributed by atoms with Crippen molar-refractivity contribution in [3.63, 3.8) is 0 Å². The van der Waals surface area contributed by atoms with Gasteiger partial charge in [-0.25, -0.2) is 23.0 Å². The van der Waals surface area contributed by atoms with Crippen LogP contribution in [0.1, 0.15) is 48.4 Å². The van der Waals surface area contributed by atoms with E-state index in [1.807, 2.05) is 6.92 Å². The Labute approximate surface area is 253 Å². The third-order valence-electron chi connectivity index (χ3n) is 7.45. The maximum Gasteiger partial charge on any atom is 0.411 e. The highest BCUT2D eigenvalue weighted by molar-refractivity contribution is 7.92. The molecule has 4 aromatic rings. The largest absolute Gasteiger partial charge is 0.479 e. The van der Waals surface area contributed by atoms with E-state index in [0.29, 0.717) is 52.8 Å². The Hall–Kier alpha value is -4.75. The number of aliphatic carboxylic acids is 1. The smallest absolute Gasteiger partial charge is 0.411 e. The van der Waals surface area contributed by atoms with E-state index in [4.69, 9.17) is 4.74 Å². The second kappa shape index (κ2) is 12.9. The molecule has 0 spiro atoms. The fourth-order valence-corrected chi connectivity index (χ4v) is 6.77. The van der Waals surface area contributed by atoms with Crippen molar-refractivity contribution in [3.05, 3.63) is 94.0 Å². The van der Waals surface area contributed by atoms with Gasteiger partial charge in [-0.05, 0) is 73.0 Å². The predicted octanol–water partition coefficient (Wildman–Crippen LogP) is 4.17. The van der Waals surface area contributed by atoms with Gasteiger partial charge in [0.15, 0.2) is 15.9 Å². The number of sulfone groups is 1.